The second kappa shape index (κ2) is 5.09. The first kappa shape index (κ1) is 11.9. The van der Waals surface area contributed by atoms with E-state index in [0.717, 1.165) is 0 Å². The Kier molecular flexibility index (Phi) is 4.05. The first-order chi connectivity index (χ1) is 7.10. The first-order valence-electron chi connectivity index (χ1n) is 4.89. The molecule has 2 unspecified atom stereocenters. The smallest absolute Gasteiger partial charge is 0.123 e. The lowest BCUT2D eigenvalue weighted by molar-refractivity contribution is 0.391. The van der Waals surface area contributed by atoms with Crippen LogP contribution < -0.4 is 16.2 Å². The Morgan fingerprint density at radius 2 is 2.13 bits per heavy atom. The van der Waals surface area contributed by atoms with Crippen LogP contribution in [0.25, 0.3) is 0 Å². The standard InChI is InChI=1S/C11H17FN2O/c1-7(6-13)11(14)9-5-8(12)3-4-10(9)15-2/h3-5,7,11H,6,13-14H2,1-2H3. The van der Waals surface area contributed by atoms with Crippen molar-refractivity contribution >= 4 is 0 Å². The molecule has 0 spiro atoms. The third-order valence-corrected chi connectivity index (χ3v) is 2.54. The van der Waals surface area contributed by atoms with Crippen molar-refractivity contribution < 1.29 is 9.13 Å². The van der Waals surface area contributed by atoms with E-state index >= 15 is 0 Å². The zero-order valence-corrected chi connectivity index (χ0v) is 9.03. The monoisotopic (exact) mass is 212 g/mol. The number of halogens is 1. The highest BCUT2D eigenvalue weighted by molar-refractivity contribution is 5.36. The molecule has 0 radical (unpaired) electrons. The van der Waals surface area contributed by atoms with Gasteiger partial charge in [0.05, 0.1) is 7.11 Å². The highest BCUT2D eigenvalue weighted by Crippen LogP contribution is 2.28. The molecule has 0 aliphatic carbocycles. The summed E-state index contributed by atoms with van der Waals surface area (Å²) in [6.07, 6.45) is 0. The van der Waals surface area contributed by atoms with Crippen molar-refractivity contribution in [1.29, 1.82) is 0 Å². The lowest BCUT2D eigenvalue weighted by Crippen LogP contribution is -2.26. The zero-order chi connectivity index (χ0) is 11.4. The van der Waals surface area contributed by atoms with Gasteiger partial charge in [0.2, 0.25) is 0 Å². The number of hydrogen-bond acceptors (Lipinski definition) is 3. The summed E-state index contributed by atoms with van der Waals surface area (Å²) in [4.78, 5) is 0. The summed E-state index contributed by atoms with van der Waals surface area (Å²) in [7, 11) is 1.54. The third-order valence-electron chi connectivity index (χ3n) is 2.54. The van der Waals surface area contributed by atoms with Crippen LogP contribution in [0.4, 0.5) is 4.39 Å². The minimum Gasteiger partial charge on any atom is -0.496 e. The van der Waals surface area contributed by atoms with Gasteiger partial charge < -0.3 is 16.2 Å². The fourth-order valence-corrected chi connectivity index (χ4v) is 1.42. The van der Waals surface area contributed by atoms with E-state index in [-0.39, 0.29) is 17.8 Å². The molecule has 84 valence electrons. The summed E-state index contributed by atoms with van der Waals surface area (Å²) >= 11 is 0. The zero-order valence-electron chi connectivity index (χ0n) is 9.03. The third kappa shape index (κ3) is 2.67. The molecule has 1 aromatic rings. The van der Waals surface area contributed by atoms with E-state index < -0.39 is 0 Å². The van der Waals surface area contributed by atoms with Crippen LogP contribution in [0.1, 0.15) is 18.5 Å². The largest absolute Gasteiger partial charge is 0.496 e. The molecule has 0 amide bonds. The lowest BCUT2D eigenvalue weighted by Gasteiger charge is -2.20. The molecule has 0 saturated heterocycles. The van der Waals surface area contributed by atoms with Crippen molar-refractivity contribution in [3.8, 4) is 5.75 Å². The van der Waals surface area contributed by atoms with Gasteiger partial charge in [0.1, 0.15) is 11.6 Å². The van der Waals surface area contributed by atoms with Crippen LogP contribution in [-0.4, -0.2) is 13.7 Å². The van der Waals surface area contributed by atoms with Crippen LogP contribution in [-0.2, 0) is 0 Å². The molecule has 0 fully saturated rings. The molecule has 0 aliphatic rings. The topological polar surface area (TPSA) is 61.3 Å². The summed E-state index contributed by atoms with van der Waals surface area (Å²) in [5, 5.41) is 0. The van der Waals surface area contributed by atoms with Gasteiger partial charge in [-0.3, -0.25) is 0 Å². The fourth-order valence-electron chi connectivity index (χ4n) is 1.42. The Bertz CT molecular complexity index is 330. The predicted octanol–water partition coefficient (Wildman–Crippen LogP) is 1.43. The average Bonchev–Trinajstić information content (AvgIpc) is 2.27. The molecule has 3 nitrogen and oxygen atoms in total. The molecule has 1 aromatic carbocycles. The van der Waals surface area contributed by atoms with Crippen LogP contribution >= 0.6 is 0 Å². The van der Waals surface area contributed by atoms with E-state index in [1.54, 1.807) is 6.07 Å². The molecule has 1 rings (SSSR count). The molecule has 0 saturated carbocycles. The highest BCUT2D eigenvalue weighted by Gasteiger charge is 2.18. The molecule has 2 atom stereocenters. The molecule has 0 heterocycles. The van der Waals surface area contributed by atoms with Gasteiger partial charge in [0.15, 0.2) is 0 Å². The highest BCUT2D eigenvalue weighted by atomic mass is 19.1. The normalized spacial score (nSPS) is 14.7. The Morgan fingerprint density at radius 1 is 1.47 bits per heavy atom. The summed E-state index contributed by atoms with van der Waals surface area (Å²) in [5.74, 6) is 0.371. The van der Waals surface area contributed by atoms with E-state index in [9.17, 15) is 4.39 Å². The molecule has 4 heteroatoms. The van der Waals surface area contributed by atoms with Gasteiger partial charge in [-0.1, -0.05) is 6.92 Å². The Morgan fingerprint density at radius 3 is 2.67 bits per heavy atom. The van der Waals surface area contributed by atoms with Crippen LogP contribution in [0.5, 0.6) is 5.75 Å². The van der Waals surface area contributed by atoms with Crippen molar-refractivity contribution in [2.24, 2.45) is 17.4 Å². The summed E-state index contributed by atoms with van der Waals surface area (Å²) < 4.78 is 18.2. The van der Waals surface area contributed by atoms with Gasteiger partial charge in [-0.05, 0) is 30.7 Å². The predicted molar refractivity (Wildman–Crippen MR) is 58.1 cm³/mol. The maximum atomic E-state index is 13.1. The van der Waals surface area contributed by atoms with Crippen LogP contribution in [0.3, 0.4) is 0 Å². The number of rotatable bonds is 4. The first-order valence-corrected chi connectivity index (χ1v) is 4.89. The Hall–Kier alpha value is -1.13. The summed E-state index contributed by atoms with van der Waals surface area (Å²) in [6, 6.07) is 4.02. The summed E-state index contributed by atoms with van der Waals surface area (Å²) in [5.41, 5.74) is 12.2. The van der Waals surface area contributed by atoms with E-state index in [0.29, 0.717) is 17.9 Å². The summed E-state index contributed by atoms with van der Waals surface area (Å²) in [6.45, 7) is 2.38. The number of nitrogens with two attached hydrogens (primary N) is 2. The average molecular weight is 212 g/mol. The van der Waals surface area contributed by atoms with Crippen LogP contribution in [0, 0.1) is 11.7 Å². The number of benzene rings is 1. The molecular formula is C11H17FN2O. The number of methoxy groups -OCH3 is 1. The number of hydrogen-bond donors (Lipinski definition) is 2. The van der Waals surface area contributed by atoms with E-state index in [4.69, 9.17) is 16.2 Å². The molecule has 15 heavy (non-hydrogen) atoms. The van der Waals surface area contributed by atoms with Crippen molar-refractivity contribution in [2.75, 3.05) is 13.7 Å². The van der Waals surface area contributed by atoms with Crippen molar-refractivity contribution in [2.45, 2.75) is 13.0 Å². The SMILES string of the molecule is COc1ccc(F)cc1C(N)C(C)CN. The maximum absolute atomic E-state index is 13.1. The molecular weight excluding hydrogens is 195 g/mol. The van der Waals surface area contributed by atoms with Crippen LogP contribution in [0.2, 0.25) is 0 Å². The van der Waals surface area contributed by atoms with E-state index in [1.807, 2.05) is 6.92 Å². The quantitative estimate of drug-likeness (QED) is 0.793. The van der Waals surface area contributed by atoms with Gasteiger partial charge in [0, 0.05) is 11.6 Å². The lowest BCUT2D eigenvalue weighted by atomic mass is 9.94. The minimum absolute atomic E-state index is 0.0840. The van der Waals surface area contributed by atoms with E-state index in [1.165, 1.54) is 19.2 Å². The molecule has 0 aliphatic heterocycles. The van der Waals surface area contributed by atoms with Crippen molar-refractivity contribution in [3.63, 3.8) is 0 Å². The fraction of sp³-hybridized carbons (Fsp3) is 0.455. The van der Waals surface area contributed by atoms with Gasteiger partial charge >= 0.3 is 0 Å². The Labute approximate surface area is 89.2 Å². The minimum atomic E-state index is -0.314. The second-order valence-electron chi connectivity index (χ2n) is 3.63. The van der Waals surface area contributed by atoms with Crippen molar-refractivity contribution in [1.82, 2.24) is 0 Å². The molecule has 0 aromatic heterocycles. The van der Waals surface area contributed by atoms with Gasteiger partial charge in [-0.25, -0.2) is 4.39 Å². The van der Waals surface area contributed by atoms with Gasteiger partial charge in [-0.15, -0.1) is 0 Å². The van der Waals surface area contributed by atoms with Crippen molar-refractivity contribution in [3.05, 3.63) is 29.6 Å². The maximum Gasteiger partial charge on any atom is 0.123 e. The van der Waals surface area contributed by atoms with Gasteiger partial charge in [-0.2, -0.15) is 0 Å². The molecule has 0 bridgehead atoms. The Balaban J connectivity index is 3.05. The molecule has 4 N–H and O–H groups in total. The van der Waals surface area contributed by atoms with Crippen LogP contribution in [0.15, 0.2) is 18.2 Å². The second-order valence-corrected chi connectivity index (χ2v) is 3.63. The number of ether oxygens (including phenoxy) is 1. The van der Waals surface area contributed by atoms with E-state index in [2.05, 4.69) is 0 Å². The van der Waals surface area contributed by atoms with Gasteiger partial charge in [0.25, 0.3) is 0 Å².